The minimum atomic E-state index is -0.425. The minimum absolute atomic E-state index is 0.349. The summed E-state index contributed by atoms with van der Waals surface area (Å²) in [6.45, 7) is 9.79. The van der Waals surface area contributed by atoms with E-state index in [4.69, 9.17) is 4.42 Å². The number of aromatic nitrogens is 2. The molecule has 0 unspecified atom stereocenters. The lowest BCUT2D eigenvalue weighted by molar-refractivity contribution is 0.0600. The van der Waals surface area contributed by atoms with E-state index in [1.54, 1.807) is 48.5 Å². The summed E-state index contributed by atoms with van der Waals surface area (Å²) in [5.74, 6) is -0.0196. The average Bonchev–Trinajstić information content (AvgIpc) is 3.41. The molecule has 0 aliphatic heterocycles. The Morgan fingerprint density at radius 3 is 1.69 bits per heavy atom. The van der Waals surface area contributed by atoms with Gasteiger partial charge in [-0.3, -0.25) is 15.6 Å². The number of carbonyl (C=O) groups is 2. The van der Waals surface area contributed by atoms with Crippen LogP contribution in [0.5, 0.6) is 0 Å². The first-order chi connectivity index (χ1) is 17.4. The van der Waals surface area contributed by atoms with Crippen molar-refractivity contribution in [1.29, 1.82) is 0 Å². The van der Waals surface area contributed by atoms with Crippen molar-refractivity contribution in [3.8, 4) is 22.9 Å². The third-order valence-corrected chi connectivity index (χ3v) is 5.43. The highest BCUT2D eigenvalue weighted by molar-refractivity contribution is 5.95. The van der Waals surface area contributed by atoms with Gasteiger partial charge in [-0.05, 0) is 66.6 Å². The molecule has 2 N–H and O–H groups in total. The van der Waals surface area contributed by atoms with Crippen molar-refractivity contribution in [3.05, 3.63) is 108 Å². The molecule has 36 heavy (non-hydrogen) atoms. The van der Waals surface area contributed by atoms with E-state index in [1.165, 1.54) is 7.11 Å². The van der Waals surface area contributed by atoms with E-state index >= 15 is 0 Å². The van der Waals surface area contributed by atoms with Gasteiger partial charge in [0.1, 0.15) is 0 Å². The number of rotatable bonds is 8. The summed E-state index contributed by atoms with van der Waals surface area (Å²) in [6, 6.07) is 21.1. The second-order valence-corrected chi connectivity index (χ2v) is 7.97. The van der Waals surface area contributed by atoms with Gasteiger partial charge in [0.05, 0.1) is 18.4 Å². The molecular formula is C28H24N4O4. The molecule has 8 nitrogen and oxygen atoms in total. The van der Waals surface area contributed by atoms with Crippen molar-refractivity contribution < 1.29 is 18.7 Å². The van der Waals surface area contributed by atoms with Crippen molar-refractivity contribution in [2.45, 2.75) is 6.92 Å². The second-order valence-electron chi connectivity index (χ2n) is 7.97. The fourth-order valence-corrected chi connectivity index (χ4v) is 3.32. The maximum Gasteiger partial charge on any atom is 0.337 e. The van der Waals surface area contributed by atoms with E-state index in [2.05, 4.69) is 38.9 Å². The average molecular weight is 481 g/mol. The summed E-state index contributed by atoms with van der Waals surface area (Å²) in [7, 11) is 1.32. The Labute approximate surface area is 208 Å². The molecule has 1 amide bonds. The smallest absolute Gasteiger partial charge is 0.337 e. The highest BCUT2D eigenvalue weighted by Gasteiger charge is 2.13. The number of nitrogens with zero attached hydrogens (tertiary/aromatic N) is 2. The number of esters is 1. The Kier molecular flexibility index (Phi) is 7.06. The fraction of sp³-hybridized carbons (Fsp3) is 0.0714. The standard InChI is InChI=1S/C28H24N4O4/c1-17(2)19-5-11-22(12-6-19)26-31-32-27(36-26)23-13-9-21(10-14-23)25(33)30-29-18(3)20-7-15-24(16-8-20)28(34)35-4/h5-16,29H,1,3H2,2,4H3,(H,30,33). The third-order valence-electron chi connectivity index (χ3n) is 5.43. The van der Waals surface area contributed by atoms with E-state index < -0.39 is 5.97 Å². The van der Waals surface area contributed by atoms with Crippen LogP contribution in [0.2, 0.25) is 0 Å². The van der Waals surface area contributed by atoms with Crippen LogP contribution in [-0.4, -0.2) is 29.2 Å². The Balaban J connectivity index is 1.36. The molecule has 4 rings (SSSR count). The number of methoxy groups -OCH3 is 1. The first kappa shape index (κ1) is 24.2. The summed E-state index contributed by atoms with van der Waals surface area (Å²) in [5, 5.41) is 8.25. The van der Waals surface area contributed by atoms with Crippen molar-refractivity contribution >= 4 is 23.1 Å². The Hall–Kier alpha value is -4.98. The van der Waals surface area contributed by atoms with Gasteiger partial charge >= 0.3 is 5.97 Å². The molecule has 3 aromatic carbocycles. The van der Waals surface area contributed by atoms with Gasteiger partial charge in [-0.1, -0.05) is 43.0 Å². The van der Waals surface area contributed by atoms with Crippen LogP contribution in [0.3, 0.4) is 0 Å². The SMILES string of the molecule is C=C(C)c1ccc(-c2nnc(-c3ccc(C(=O)NNC(=C)c4ccc(C(=O)OC)cc4)cc3)o2)cc1. The van der Waals surface area contributed by atoms with E-state index in [1.807, 2.05) is 31.2 Å². The monoisotopic (exact) mass is 480 g/mol. The number of carbonyl (C=O) groups excluding carboxylic acids is 2. The van der Waals surface area contributed by atoms with Gasteiger partial charge in [0.2, 0.25) is 11.8 Å². The van der Waals surface area contributed by atoms with Gasteiger partial charge in [0.25, 0.3) is 5.91 Å². The van der Waals surface area contributed by atoms with E-state index in [0.29, 0.717) is 39.7 Å². The number of hydrogen-bond acceptors (Lipinski definition) is 7. The minimum Gasteiger partial charge on any atom is -0.465 e. The van der Waals surface area contributed by atoms with E-state index in [0.717, 1.165) is 16.7 Å². The normalized spacial score (nSPS) is 10.4. The van der Waals surface area contributed by atoms with Crippen molar-refractivity contribution in [1.82, 2.24) is 21.0 Å². The van der Waals surface area contributed by atoms with Crippen LogP contribution in [-0.2, 0) is 4.74 Å². The van der Waals surface area contributed by atoms with Gasteiger partial charge in [0, 0.05) is 16.7 Å². The number of nitrogens with one attached hydrogen (secondary N) is 2. The van der Waals surface area contributed by atoms with Gasteiger partial charge in [-0.25, -0.2) is 4.79 Å². The van der Waals surface area contributed by atoms with Crippen LogP contribution >= 0.6 is 0 Å². The quantitative estimate of drug-likeness (QED) is 0.266. The number of allylic oxidation sites excluding steroid dienone is 1. The lowest BCUT2D eigenvalue weighted by Crippen LogP contribution is -2.35. The lowest BCUT2D eigenvalue weighted by atomic mass is 10.1. The Morgan fingerprint density at radius 1 is 0.722 bits per heavy atom. The van der Waals surface area contributed by atoms with Crippen LogP contribution < -0.4 is 10.9 Å². The zero-order valence-corrected chi connectivity index (χ0v) is 19.9. The van der Waals surface area contributed by atoms with Gasteiger partial charge in [-0.2, -0.15) is 0 Å². The van der Waals surface area contributed by atoms with Gasteiger partial charge in [-0.15, -0.1) is 10.2 Å². The topological polar surface area (TPSA) is 106 Å². The van der Waals surface area contributed by atoms with Crippen molar-refractivity contribution in [2.75, 3.05) is 7.11 Å². The highest BCUT2D eigenvalue weighted by atomic mass is 16.5. The molecule has 0 radical (unpaired) electrons. The van der Waals surface area contributed by atoms with Gasteiger partial charge in [0.15, 0.2) is 0 Å². The number of benzene rings is 3. The molecule has 0 saturated carbocycles. The molecule has 1 heterocycles. The summed E-state index contributed by atoms with van der Waals surface area (Å²) >= 11 is 0. The molecule has 4 aromatic rings. The van der Waals surface area contributed by atoms with Crippen LogP contribution in [0.25, 0.3) is 34.2 Å². The first-order valence-corrected chi connectivity index (χ1v) is 11.0. The van der Waals surface area contributed by atoms with E-state index in [9.17, 15) is 9.59 Å². The van der Waals surface area contributed by atoms with E-state index in [-0.39, 0.29) is 5.91 Å². The Bertz CT molecular complexity index is 1420. The maximum absolute atomic E-state index is 12.5. The second kappa shape index (κ2) is 10.5. The summed E-state index contributed by atoms with van der Waals surface area (Å²) in [5.41, 5.74) is 10.9. The molecule has 0 saturated heterocycles. The van der Waals surface area contributed by atoms with Gasteiger partial charge < -0.3 is 9.15 Å². The number of hydrazine groups is 1. The third kappa shape index (κ3) is 5.39. The highest BCUT2D eigenvalue weighted by Crippen LogP contribution is 2.25. The molecule has 1 aromatic heterocycles. The zero-order valence-electron chi connectivity index (χ0n) is 19.9. The molecule has 0 bridgehead atoms. The summed E-state index contributed by atoms with van der Waals surface area (Å²) in [6.07, 6.45) is 0. The molecule has 8 heteroatoms. The predicted octanol–water partition coefficient (Wildman–Crippen LogP) is 5.13. The first-order valence-electron chi connectivity index (χ1n) is 11.0. The predicted molar refractivity (Wildman–Crippen MR) is 137 cm³/mol. The maximum atomic E-state index is 12.5. The molecular weight excluding hydrogens is 456 g/mol. The van der Waals surface area contributed by atoms with Crippen LogP contribution in [0.15, 0.2) is 90.4 Å². The number of ether oxygens (including phenoxy) is 1. The van der Waals surface area contributed by atoms with Crippen LogP contribution in [0.1, 0.15) is 38.8 Å². The molecule has 0 fully saturated rings. The zero-order chi connectivity index (χ0) is 25.7. The molecule has 0 atom stereocenters. The van der Waals surface area contributed by atoms with Crippen molar-refractivity contribution in [2.24, 2.45) is 0 Å². The molecule has 180 valence electrons. The van der Waals surface area contributed by atoms with Crippen molar-refractivity contribution in [3.63, 3.8) is 0 Å². The summed E-state index contributed by atoms with van der Waals surface area (Å²) in [4.78, 5) is 24.1. The van der Waals surface area contributed by atoms with Crippen LogP contribution in [0, 0.1) is 0 Å². The van der Waals surface area contributed by atoms with Crippen LogP contribution in [0.4, 0.5) is 0 Å². The summed E-state index contributed by atoms with van der Waals surface area (Å²) < 4.78 is 10.5. The number of amides is 1. The fourth-order valence-electron chi connectivity index (χ4n) is 3.32. The molecule has 0 spiro atoms. The lowest BCUT2D eigenvalue weighted by Gasteiger charge is -2.12. The molecule has 0 aliphatic carbocycles. The molecule has 0 aliphatic rings. The number of hydrogen-bond donors (Lipinski definition) is 2. The largest absolute Gasteiger partial charge is 0.465 e. The Morgan fingerprint density at radius 2 is 1.19 bits per heavy atom.